The van der Waals surface area contributed by atoms with E-state index in [1.807, 2.05) is 7.05 Å². The van der Waals surface area contributed by atoms with Crippen molar-refractivity contribution in [2.75, 3.05) is 13.6 Å². The van der Waals surface area contributed by atoms with E-state index in [9.17, 15) is 0 Å². The van der Waals surface area contributed by atoms with Crippen molar-refractivity contribution in [1.82, 2.24) is 5.32 Å². The molecule has 0 atom stereocenters. The smallest absolute Gasteiger partial charge is 0.122 e. The van der Waals surface area contributed by atoms with Gasteiger partial charge in [-0.25, -0.2) is 4.99 Å². The molecule has 11 heavy (non-hydrogen) atoms. The van der Waals surface area contributed by atoms with Gasteiger partial charge < -0.3 is 11.1 Å². The van der Waals surface area contributed by atoms with Gasteiger partial charge in [-0.15, -0.1) is 0 Å². The number of hydrogen-bond donors (Lipinski definition) is 2. The summed E-state index contributed by atoms with van der Waals surface area (Å²) in [5, 5.41) is 3.00. The second kappa shape index (κ2) is 7.02. The second-order valence-electron chi connectivity index (χ2n) is 2.03. The monoisotopic (exact) mass is 153 g/mol. The quantitative estimate of drug-likeness (QED) is 0.346. The first kappa shape index (κ1) is 9.91. The third-order valence-corrected chi connectivity index (χ3v) is 1.05. The van der Waals surface area contributed by atoms with Crippen LogP contribution in [0.2, 0.25) is 0 Å². The van der Waals surface area contributed by atoms with E-state index in [4.69, 9.17) is 5.73 Å². The molecule has 0 fully saturated rings. The fraction of sp³-hybridized carbons (Fsp3) is 0.375. The number of rotatable bonds is 5. The van der Waals surface area contributed by atoms with Crippen molar-refractivity contribution in [3.05, 3.63) is 24.6 Å². The predicted octanol–water partition coefficient (Wildman–Crippen LogP) is 0.653. The molecule has 0 rings (SSSR count). The number of aliphatic imine (C=N–C) groups is 1. The van der Waals surface area contributed by atoms with Gasteiger partial charge in [0.25, 0.3) is 0 Å². The molecule has 0 amide bonds. The van der Waals surface area contributed by atoms with Crippen LogP contribution in [0.4, 0.5) is 0 Å². The van der Waals surface area contributed by atoms with Gasteiger partial charge in [-0.1, -0.05) is 12.7 Å². The maximum absolute atomic E-state index is 5.44. The van der Waals surface area contributed by atoms with Gasteiger partial charge in [0, 0.05) is 6.21 Å². The zero-order chi connectivity index (χ0) is 8.53. The van der Waals surface area contributed by atoms with Gasteiger partial charge in [0.1, 0.15) is 5.82 Å². The summed E-state index contributed by atoms with van der Waals surface area (Å²) in [6, 6.07) is 0. The fourth-order valence-electron chi connectivity index (χ4n) is 0.543. The van der Waals surface area contributed by atoms with Gasteiger partial charge in [-0.3, -0.25) is 0 Å². The first-order valence-electron chi connectivity index (χ1n) is 3.56. The molecule has 0 saturated carbocycles. The van der Waals surface area contributed by atoms with Crippen molar-refractivity contribution >= 4 is 6.21 Å². The van der Waals surface area contributed by atoms with Gasteiger partial charge in [0.05, 0.1) is 0 Å². The molecule has 0 aromatic heterocycles. The van der Waals surface area contributed by atoms with Gasteiger partial charge in [-0.05, 0) is 26.1 Å². The Labute approximate surface area is 67.7 Å². The lowest BCUT2D eigenvalue weighted by Gasteiger charge is -1.91. The summed E-state index contributed by atoms with van der Waals surface area (Å²) in [7, 11) is 1.90. The summed E-state index contributed by atoms with van der Waals surface area (Å²) in [6.45, 7) is 4.42. The average molecular weight is 153 g/mol. The Balaban J connectivity index is 3.56. The lowest BCUT2D eigenvalue weighted by Crippen LogP contribution is -2.07. The summed E-state index contributed by atoms with van der Waals surface area (Å²) in [6.07, 6.45) is 5.95. The van der Waals surface area contributed by atoms with E-state index in [1.165, 1.54) is 0 Å². The van der Waals surface area contributed by atoms with Crippen molar-refractivity contribution in [3.63, 3.8) is 0 Å². The van der Waals surface area contributed by atoms with Crippen molar-refractivity contribution in [2.24, 2.45) is 10.7 Å². The molecule has 0 aromatic carbocycles. The molecule has 0 aliphatic rings. The molecule has 0 aromatic rings. The van der Waals surface area contributed by atoms with E-state index in [0.29, 0.717) is 5.82 Å². The first-order valence-corrected chi connectivity index (χ1v) is 3.56. The van der Waals surface area contributed by atoms with Crippen molar-refractivity contribution in [2.45, 2.75) is 6.42 Å². The molecule has 0 heterocycles. The molecular weight excluding hydrogens is 138 g/mol. The minimum Gasteiger partial charge on any atom is -0.384 e. The van der Waals surface area contributed by atoms with Crippen LogP contribution in [0.25, 0.3) is 0 Å². The summed E-state index contributed by atoms with van der Waals surface area (Å²) in [4.78, 5) is 3.95. The van der Waals surface area contributed by atoms with Crippen molar-refractivity contribution in [1.29, 1.82) is 0 Å². The lowest BCUT2D eigenvalue weighted by molar-refractivity contribution is 0.829. The van der Waals surface area contributed by atoms with Crippen LogP contribution in [0.5, 0.6) is 0 Å². The number of nitrogens with one attached hydrogen (secondary N) is 1. The number of nitrogens with zero attached hydrogens (tertiary/aromatic N) is 1. The first-order chi connectivity index (χ1) is 5.31. The second-order valence-corrected chi connectivity index (χ2v) is 2.03. The molecule has 0 aliphatic carbocycles. The Morgan fingerprint density at radius 2 is 2.45 bits per heavy atom. The minimum atomic E-state index is 0.496. The number of allylic oxidation sites excluding steroid dienone is 2. The van der Waals surface area contributed by atoms with Gasteiger partial charge >= 0.3 is 0 Å². The normalized spacial score (nSPS) is 12.3. The van der Waals surface area contributed by atoms with Crippen LogP contribution in [0.1, 0.15) is 6.42 Å². The maximum atomic E-state index is 5.44. The molecule has 0 spiro atoms. The lowest BCUT2D eigenvalue weighted by atomic mass is 10.4. The van der Waals surface area contributed by atoms with Crippen LogP contribution >= 0.6 is 0 Å². The van der Waals surface area contributed by atoms with Crippen LogP contribution in [0.3, 0.4) is 0 Å². The summed E-state index contributed by atoms with van der Waals surface area (Å²) >= 11 is 0. The van der Waals surface area contributed by atoms with Crippen LogP contribution in [0.15, 0.2) is 29.5 Å². The Kier molecular flexibility index (Phi) is 6.33. The zero-order valence-electron chi connectivity index (χ0n) is 6.88. The summed E-state index contributed by atoms with van der Waals surface area (Å²) in [5.41, 5.74) is 5.44. The van der Waals surface area contributed by atoms with E-state index in [0.717, 1.165) is 13.0 Å². The molecular formula is C8H15N3. The van der Waals surface area contributed by atoms with E-state index < -0.39 is 0 Å². The van der Waals surface area contributed by atoms with Crippen molar-refractivity contribution in [3.8, 4) is 0 Å². The molecule has 0 radical (unpaired) electrons. The average Bonchev–Trinajstić information content (AvgIpc) is 1.99. The van der Waals surface area contributed by atoms with Crippen molar-refractivity contribution < 1.29 is 0 Å². The van der Waals surface area contributed by atoms with Crippen LogP contribution < -0.4 is 11.1 Å². The fourth-order valence-corrected chi connectivity index (χ4v) is 0.543. The van der Waals surface area contributed by atoms with Gasteiger partial charge in [0.15, 0.2) is 0 Å². The third-order valence-electron chi connectivity index (χ3n) is 1.05. The van der Waals surface area contributed by atoms with E-state index in [2.05, 4.69) is 16.9 Å². The van der Waals surface area contributed by atoms with Gasteiger partial charge in [-0.2, -0.15) is 0 Å². The Hall–Kier alpha value is -1.09. The molecule has 62 valence electrons. The predicted molar refractivity (Wildman–Crippen MR) is 49.5 cm³/mol. The maximum Gasteiger partial charge on any atom is 0.122 e. The third kappa shape index (κ3) is 6.80. The Morgan fingerprint density at radius 3 is 3.00 bits per heavy atom. The minimum absolute atomic E-state index is 0.496. The number of nitrogens with two attached hydrogens (primary N) is 1. The molecule has 3 N–H and O–H groups in total. The Morgan fingerprint density at radius 1 is 1.73 bits per heavy atom. The zero-order valence-corrected chi connectivity index (χ0v) is 6.88. The molecule has 3 nitrogen and oxygen atoms in total. The molecule has 0 unspecified atom stereocenters. The molecule has 3 heteroatoms. The van der Waals surface area contributed by atoms with Crippen LogP contribution in [0, 0.1) is 0 Å². The van der Waals surface area contributed by atoms with Gasteiger partial charge in [0.2, 0.25) is 0 Å². The van der Waals surface area contributed by atoms with E-state index >= 15 is 0 Å². The molecule has 0 aliphatic heterocycles. The Bertz CT molecular complexity index is 159. The molecule has 0 bridgehead atoms. The number of hydrogen-bond acceptors (Lipinski definition) is 3. The SMILES string of the molecule is C=C/C=C(N)\N=C/CCNC. The van der Waals surface area contributed by atoms with E-state index in [-0.39, 0.29) is 0 Å². The topological polar surface area (TPSA) is 50.4 Å². The summed E-state index contributed by atoms with van der Waals surface area (Å²) < 4.78 is 0. The van der Waals surface area contributed by atoms with E-state index in [1.54, 1.807) is 18.4 Å². The summed E-state index contributed by atoms with van der Waals surface area (Å²) in [5.74, 6) is 0.496. The van der Waals surface area contributed by atoms with Crippen LogP contribution in [-0.2, 0) is 0 Å². The largest absolute Gasteiger partial charge is 0.384 e. The highest BCUT2D eigenvalue weighted by Crippen LogP contribution is 1.84. The highest BCUT2D eigenvalue weighted by atomic mass is 14.9. The molecule has 0 saturated heterocycles. The van der Waals surface area contributed by atoms with Crippen LogP contribution in [-0.4, -0.2) is 19.8 Å². The highest BCUT2D eigenvalue weighted by molar-refractivity contribution is 5.59. The highest BCUT2D eigenvalue weighted by Gasteiger charge is 1.79. The standard InChI is InChI=1S/C8H15N3/c1-3-5-8(9)11-7-4-6-10-2/h3,5,7,10H,1,4,6,9H2,2H3/b8-5-,11-7-.